The van der Waals surface area contributed by atoms with E-state index in [0.29, 0.717) is 35.7 Å². The number of rotatable bonds is 7. The summed E-state index contributed by atoms with van der Waals surface area (Å²) in [5.41, 5.74) is 1.75. The molecule has 3 rings (SSSR count). The van der Waals surface area contributed by atoms with Gasteiger partial charge in [-0.2, -0.15) is 0 Å². The van der Waals surface area contributed by atoms with E-state index in [1.54, 1.807) is 42.2 Å². The Labute approximate surface area is 178 Å². The number of carbonyl (C=O) groups excluding carboxylic acids is 2. The van der Waals surface area contributed by atoms with Crippen molar-refractivity contribution >= 4 is 23.2 Å². The highest BCUT2D eigenvalue weighted by Gasteiger charge is 2.19. The van der Waals surface area contributed by atoms with Gasteiger partial charge in [-0.15, -0.1) is 5.10 Å². The first-order chi connectivity index (χ1) is 14.8. The van der Waals surface area contributed by atoms with Crippen LogP contribution >= 0.6 is 0 Å². The SMILES string of the molecule is CCN(CC)C(=O)c1cccc(NC(=O)c2nnn(-c3cccc([N+](=O)[O-])c3)c2C)c1. The van der Waals surface area contributed by atoms with Gasteiger partial charge in [0.15, 0.2) is 5.69 Å². The van der Waals surface area contributed by atoms with Crippen molar-refractivity contribution in [1.82, 2.24) is 19.9 Å². The second kappa shape index (κ2) is 9.16. The number of hydrogen-bond donors (Lipinski definition) is 1. The molecule has 160 valence electrons. The van der Waals surface area contributed by atoms with Crippen LogP contribution in [0.4, 0.5) is 11.4 Å². The molecule has 1 aromatic heterocycles. The van der Waals surface area contributed by atoms with Gasteiger partial charge in [-0.1, -0.05) is 17.3 Å². The fourth-order valence-corrected chi connectivity index (χ4v) is 3.14. The molecule has 0 saturated heterocycles. The van der Waals surface area contributed by atoms with Crippen molar-refractivity contribution in [3.05, 3.63) is 75.6 Å². The average molecular weight is 422 g/mol. The molecule has 0 atom stereocenters. The summed E-state index contributed by atoms with van der Waals surface area (Å²) < 4.78 is 1.36. The number of anilines is 1. The number of hydrogen-bond acceptors (Lipinski definition) is 6. The van der Waals surface area contributed by atoms with Crippen LogP contribution < -0.4 is 5.32 Å². The van der Waals surface area contributed by atoms with Crippen molar-refractivity contribution in [1.29, 1.82) is 0 Å². The number of nitro groups is 1. The van der Waals surface area contributed by atoms with E-state index in [1.165, 1.54) is 22.9 Å². The van der Waals surface area contributed by atoms with Gasteiger partial charge in [-0.3, -0.25) is 19.7 Å². The van der Waals surface area contributed by atoms with E-state index < -0.39 is 10.8 Å². The third-order valence-electron chi connectivity index (χ3n) is 4.81. The van der Waals surface area contributed by atoms with Crippen LogP contribution in [0.2, 0.25) is 0 Å². The largest absolute Gasteiger partial charge is 0.339 e. The van der Waals surface area contributed by atoms with E-state index in [-0.39, 0.29) is 17.3 Å². The van der Waals surface area contributed by atoms with Crippen molar-refractivity contribution < 1.29 is 14.5 Å². The lowest BCUT2D eigenvalue weighted by Gasteiger charge is -2.18. The number of non-ortho nitro benzene ring substituents is 1. The van der Waals surface area contributed by atoms with Gasteiger partial charge in [-0.25, -0.2) is 4.68 Å². The van der Waals surface area contributed by atoms with Crippen molar-refractivity contribution in [2.75, 3.05) is 18.4 Å². The Balaban J connectivity index is 1.83. The molecule has 0 spiro atoms. The second-order valence-corrected chi connectivity index (χ2v) is 6.72. The molecule has 10 nitrogen and oxygen atoms in total. The molecule has 0 radical (unpaired) electrons. The summed E-state index contributed by atoms with van der Waals surface area (Å²) in [5, 5.41) is 21.6. The Hall–Kier alpha value is -4.08. The van der Waals surface area contributed by atoms with Crippen molar-refractivity contribution in [3.63, 3.8) is 0 Å². The van der Waals surface area contributed by atoms with Gasteiger partial charge in [0.1, 0.15) is 0 Å². The lowest BCUT2D eigenvalue weighted by atomic mass is 10.1. The standard InChI is InChI=1S/C21H22N6O4/c1-4-25(5-2)21(29)15-8-6-9-16(12-15)22-20(28)19-14(3)26(24-23-19)17-10-7-11-18(13-17)27(30)31/h6-13H,4-5H2,1-3H3,(H,22,28). The first kappa shape index (κ1) is 21.6. The van der Waals surface area contributed by atoms with Crippen LogP contribution in [0.15, 0.2) is 48.5 Å². The molecule has 0 saturated carbocycles. The fourth-order valence-electron chi connectivity index (χ4n) is 3.14. The molecule has 0 bridgehead atoms. The zero-order valence-corrected chi connectivity index (χ0v) is 17.4. The third kappa shape index (κ3) is 4.58. The third-order valence-corrected chi connectivity index (χ3v) is 4.81. The van der Waals surface area contributed by atoms with Crippen LogP contribution in [-0.2, 0) is 0 Å². The van der Waals surface area contributed by atoms with Gasteiger partial charge in [0, 0.05) is 36.5 Å². The summed E-state index contributed by atoms with van der Waals surface area (Å²) in [5.74, 6) is -0.615. The number of aromatic nitrogens is 3. The van der Waals surface area contributed by atoms with Crippen molar-refractivity contribution in [3.8, 4) is 5.69 Å². The minimum Gasteiger partial charge on any atom is -0.339 e. The van der Waals surface area contributed by atoms with E-state index in [9.17, 15) is 19.7 Å². The van der Waals surface area contributed by atoms with Gasteiger partial charge >= 0.3 is 0 Å². The molecular formula is C21H22N6O4. The molecule has 31 heavy (non-hydrogen) atoms. The minimum absolute atomic E-state index is 0.0759. The lowest BCUT2D eigenvalue weighted by molar-refractivity contribution is -0.384. The first-order valence-electron chi connectivity index (χ1n) is 9.73. The quantitative estimate of drug-likeness (QED) is 0.461. The molecule has 1 heterocycles. The average Bonchev–Trinajstić information content (AvgIpc) is 3.16. The molecule has 0 fully saturated rings. The van der Waals surface area contributed by atoms with Crippen LogP contribution in [0.25, 0.3) is 5.69 Å². The zero-order valence-electron chi connectivity index (χ0n) is 17.4. The number of nitro benzene ring substituents is 1. The number of nitrogens with one attached hydrogen (secondary N) is 1. The Morgan fingerprint density at radius 2 is 1.84 bits per heavy atom. The molecule has 0 aliphatic heterocycles. The van der Waals surface area contributed by atoms with Crippen LogP contribution in [0, 0.1) is 17.0 Å². The number of carbonyl (C=O) groups is 2. The van der Waals surface area contributed by atoms with E-state index >= 15 is 0 Å². The number of benzene rings is 2. The normalized spacial score (nSPS) is 10.5. The number of nitrogens with zero attached hydrogens (tertiary/aromatic N) is 5. The zero-order chi connectivity index (χ0) is 22.5. The highest BCUT2D eigenvalue weighted by molar-refractivity contribution is 6.04. The smallest absolute Gasteiger partial charge is 0.278 e. The molecular weight excluding hydrogens is 400 g/mol. The highest BCUT2D eigenvalue weighted by Crippen LogP contribution is 2.19. The van der Waals surface area contributed by atoms with Gasteiger partial charge in [0.25, 0.3) is 17.5 Å². The summed E-state index contributed by atoms with van der Waals surface area (Å²) in [4.78, 5) is 37.5. The van der Waals surface area contributed by atoms with Crippen LogP contribution in [0.5, 0.6) is 0 Å². The summed E-state index contributed by atoms with van der Waals surface area (Å²) in [6.45, 7) is 6.63. The van der Waals surface area contributed by atoms with Crippen molar-refractivity contribution in [2.24, 2.45) is 0 Å². The summed E-state index contributed by atoms with van der Waals surface area (Å²) in [7, 11) is 0. The predicted molar refractivity (Wildman–Crippen MR) is 114 cm³/mol. The monoisotopic (exact) mass is 422 g/mol. The Morgan fingerprint density at radius 3 is 2.52 bits per heavy atom. The topological polar surface area (TPSA) is 123 Å². The van der Waals surface area contributed by atoms with Crippen LogP contribution in [-0.4, -0.2) is 49.7 Å². The maximum Gasteiger partial charge on any atom is 0.278 e. The van der Waals surface area contributed by atoms with E-state index in [0.717, 1.165) is 0 Å². The van der Waals surface area contributed by atoms with Gasteiger partial charge in [0.05, 0.1) is 16.3 Å². The molecule has 0 aliphatic rings. The predicted octanol–water partition coefficient (Wildman–Crippen LogP) is 3.22. The Bertz CT molecular complexity index is 1140. The van der Waals surface area contributed by atoms with Crippen LogP contribution in [0.3, 0.4) is 0 Å². The molecule has 1 N–H and O–H groups in total. The molecule has 2 amide bonds. The molecule has 3 aromatic rings. The Morgan fingerprint density at radius 1 is 1.13 bits per heavy atom. The van der Waals surface area contributed by atoms with Crippen molar-refractivity contribution in [2.45, 2.75) is 20.8 Å². The molecule has 2 aromatic carbocycles. The van der Waals surface area contributed by atoms with Gasteiger partial charge < -0.3 is 10.2 Å². The van der Waals surface area contributed by atoms with Gasteiger partial charge in [-0.05, 0) is 45.0 Å². The lowest BCUT2D eigenvalue weighted by Crippen LogP contribution is -2.30. The van der Waals surface area contributed by atoms with E-state index in [1.807, 2.05) is 13.8 Å². The summed E-state index contributed by atoms with van der Waals surface area (Å²) in [6, 6.07) is 12.6. The fraction of sp³-hybridized carbons (Fsp3) is 0.238. The maximum atomic E-state index is 12.8. The van der Waals surface area contributed by atoms with E-state index in [4.69, 9.17) is 0 Å². The van der Waals surface area contributed by atoms with Crippen LogP contribution in [0.1, 0.15) is 40.4 Å². The van der Waals surface area contributed by atoms with Gasteiger partial charge in [0.2, 0.25) is 0 Å². The maximum absolute atomic E-state index is 12.8. The summed E-state index contributed by atoms with van der Waals surface area (Å²) >= 11 is 0. The second-order valence-electron chi connectivity index (χ2n) is 6.72. The van der Waals surface area contributed by atoms with E-state index in [2.05, 4.69) is 15.6 Å². The highest BCUT2D eigenvalue weighted by atomic mass is 16.6. The molecule has 10 heteroatoms. The summed E-state index contributed by atoms with van der Waals surface area (Å²) in [6.07, 6.45) is 0. The Kier molecular flexibility index (Phi) is 6.39. The first-order valence-corrected chi connectivity index (χ1v) is 9.73. The number of amides is 2. The minimum atomic E-state index is -0.504. The molecule has 0 aliphatic carbocycles. The molecule has 0 unspecified atom stereocenters.